The summed E-state index contributed by atoms with van der Waals surface area (Å²) in [7, 11) is 1.70. The zero-order valence-electron chi connectivity index (χ0n) is 15.0. The van der Waals surface area contributed by atoms with Crippen molar-refractivity contribution < 1.29 is 9.53 Å². The molecule has 1 saturated heterocycles. The van der Waals surface area contributed by atoms with E-state index in [1.165, 1.54) is 0 Å². The van der Waals surface area contributed by atoms with Crippen molar-refractivity contribution in [1.29, 1.82) is 0 Å². The van der Waals surface area contributed by atoms with Crippen LogP contribution in [0.15, 0.2) is 12.3 Å². The fourth-order valence-corrected chi connectivity index (χ4v) is 3.57. The van der Waals surface area contributed by atoms with E-state index >= 15 is 0 Å². The monoisotopic (exact) mass is 343 g/mol. The van der Waals surface area contributed by atoms with E-state index in [0.29, 0.717) is 11.6 Å². The Morgan fingerprint density at radius 1 is 1.48 bits per heavy atom. The van der Waals surface area contributed by atoms with Crippen LogP contribution in [0.2, 0.25) is 0 Å². The second kappa shape index (κ2) is 7.23. The van der Waals surface area contributed by atoms with Crippen molar-refractivity contribution in [3.05, 3.63) is 40.5 Å². The number of likely N-dealkylation sites (tertiary alicyclic amines) is 1. The Balaban J connectivity index is 1.72. The second-order valence-electron chi connectivity index (χ2n) is 6.69. The number of nitrogens with one attached hydrogen (secondary N) is 1. The molecule has 0 aliphatic carbocycles. The van der Waals surface area contributed by atoms with Gasteiger partial charge in [0, 0.05) is 42.0 Å². The summed E-state index contributed by atoms with van der Waals surface area (Å²) < 4.78 is 5.51. The Morgan fingerprint density at radius 3 is 2.96 bits per heavy atom. The van der Waals surface area contributed by atoms with Gasteiger partial charge in [-0.1, -0.05) is 0 Å². The topological polar surface area (TPSA) is 97.1 Å². The molecule has 0 bridgehead atoms. The molecule has 1 atom stereocenters. The van der Waals surface area contributed by atoms with Crippen molar-refractivity contribution >= 4 is 5.91 Å². The summed E-state index contributed by atoms with van der Waals surface area (Å²) in [6.45, 7) is 6.79. The molecule has 25 heavy (non-hydrogen) atoms. The average molecular weight is 343 g/mol. The number of ether oxygens (including phenoxy) is 1. The van der Waals surface area contributed by atoms with Crippen LogP contribution in [0.3, 0.4) is 0 Å². The molecule has 7 nitrogen and oxygen atoms in total. The molecule has 1 aliphatic rings. The van der Waals surface area contributed by atoms with Gasteiger partial charge < -0.3 is 10.5 Å². The van der Waals surface area contributed by atoms with Crippen LogP contribution in [0.1, 0.15) is 51.8 Å². The number of aryl methyl sites for hydroxylation is 1. The van der Waals surface area contributed by atoms with Crippen LogP contribution >= 0.6 is 0 Å². The van der Waals surface area contributed by atoms with Gasteiger partial charge in [0.1, 0.15) is 11.4 Å². The fraction of sp³-hybridized carbons (Fsp3) is 0.500. The maximum absolute atomic E-state index is 11.2. The number of carbonyl (C=O) groups is 1. The Kier molecular flexibility index (Phi) is 5.03. The van der Waals surface area contributed by atoms with E-state index in [1.54, 1.807) is 13.2 Å². The number of piperidine rings is 1. The van der Waals surface area contributed by atoms with Crippen molar-refractivity contribution in [2.45, 2.75) is 39.2 Å². The number of H-pyrrole nitrogens is 1. The van der Waals surface area contributed by atoms with Crippen molar-refractivity contribution in [1.82, 2.24) is 20.1 Å². The third-order valence-electron chi connectivity index (χ3n) is 4.92. The molecule has 2 aromatic heterocycles. The minimum absolute atomic E-state index is 0.299. The number of carbonyl (C=O) groups excluding carboxylic acids is 1. The predicted octanol–water partition coefficient (Wildman–Crippen LogP) is 1.91. The van der Waals surface area contributed by atoms with E-state index in [2.05, 4.69) is 27.0 Å². The highest BCUT2D eigenvalue weighted by atomic mass is 16.5. The fourth-order valence-electron chi connectivity index (χ4n) is 3.57. The number of rotatable bonds is 5. The first-order valence-corrected chi connectivity index (χ1v) is 8.56. The number of amides is 1. The Morgan fingerprint density at radius 2 is 2.28 bits per heavy atom. The molecule has 7 heteroatoms. The SMILES string of the molecule is COc1c(C)cnc(CN2CCC[C@@H](c3cc(C(N)=O)n[nH]3)C2)c1C. The van der Waals surface area contributed by atoms with Gasteiger partial charge >= 0.3 is 0 Å². The first-order valence-electron chi connectivity index (χ1n) is 8.56. The van der Waals surface area contributed by atoms with Crippen molar-refractivity contribution in [2.24, 2.45) is 5.73 Å². The highest BCUT2D eigenvalue weighted by Crippen LogP contribution is 2.29. The largest absolute Gasteiger partial charge is 0.496 e. The van der Waals surface area contributed by atoms with E-state index in [4.69, 9.17) is 10.5 Å². The number of pyridine rings is 1. The van der Waals surface area contributed by atoms with Gasteiger partial charge in [-0.3, -0.25) is 19.8 Å². The molecule has 0 saturated carbocycles. The van der Waals surface area contributed by atoms with Gasteiger partial charge in [0.05, 0.1) is 12.8 Å². The molecule has 0 spiro atoms. The number of primary amides is 1. The summed E-state index contributed by atoms with van der Waals surface area (Å²) in [5.74, 6) is 0.738. The molecular formula is C18H25N5O2. The van der Waals surface area contributed by atoms with Crippen LogP contribution < -0.4 is 10.5 Å². The standard InChI is InChI=1S/C18H25N5O2/c1-11-8-20-16(12(2)17(11)25-3)10-23-6-4-5-13(9-23)14-7-15(18(19)24)22-21-14/h7-8,13H,4-6,9-10H2,1-3H3,(H2,19,24)(H,21,22)/t13-/m1/s1. The zero-order chi connectivity index (χ0) is 18.0. The van der Waals surface area contributed by atoms with E-state index in [9.17, 15) is 4.79 Å². The smallest absolute Gasteiger partial charge is 0.269 e. The molecule has 2 aromatic rings. The Labute approximate surface area is 147 Å². The van der Waals surface area contributed by atoms with Crippen LogP contribution in [0.25, 0.3) is 0 Å². The predicted molar refractivity (Wildman–Crippen MR) is 94.6 cm³/mol. The van der Waals surface area contributed by atoms with E-state index < -0.39 is 5.91 Å². The molecule has 1 amide bonds. The lowest BCUT2D eigenvalue weighted by molar-refractivity contribution is 0.0995. The molecule has 1 fully saturated rings. The molecule has 3 N–H and O–H groups in total. The summed E-state index contributed by atoms with van der Waals surface area (Å²) in [6.07, 6.45) is 4.04. The van der Waals surface area contributed by atoms with Crippen molar-refractivity contribution in [3.8, 4) is 5.75 Å². The zero-order valence-corrected chi connectivity index (χ0v) is 15.0. The van der Waals surface area contributed by atoms with Gasteiger partial charge in [0.25, 0.3) is 5.91 Å². The number of methoxy groups -OCH3 is 1. The third-order valence-corrected chi connectivity index (χ3v) is 4.92. The maximum atomic E-state index is 11.2. The third kappa shape index (κ3) is 3.66. The first kappa shape index (κ1) is 17.4. The average Bonchev–Trinajstić information content (AvgIpc) is 3.09. The van der Waals surface area contributed by atoms with Gasteiger partial charge in [0.15, 0.2) is 0 Å². The Bertz CT molecular complexity index is 771. The van der Waals surface area contributed by atoms with E-state index in [0.717, 1.165) is 60.7 Å². The van der Waals surface area contributed by atoms with Crippen LogP contribution in [0.4, 0.5) is 0 Å². The highest BCUT2D eigenvalue weighted by molar-refractivity contribution is 5.90. The summed E-state index contributed by atoms with van der Waals surface area (Å²) >= 11 is 0. The molecule has 0 radical (unpaired) electrons. The van der Waals surface area contributed by atoms with Gasteiger partial charge in [-0.2, -0.15) is 5.10 Å². The van der Waals surface area contributed by atoms with Crippen LogP contribution in [0, 0.1) is 13.8 Å². The van der Waals surface area contributed by atoms with Gasteiger partial charge in [-0.15, -0.1) is 0 Å². The second-order valence-corrected chi connectivity index (χ2v) is 6.69. The molecule has 134 valence electrons. The molecular weight excluding hydrogens is 318 g/mol. The van der Waals surface area contributed by atoms with E-state index in [1.807, 2.05) is 13.1 Å². The maximum Gasteiger partial charge on any atom is 0.269 e. The number of nitrogens with zero attached hydrogens (tertiary/aromatic N) is 3. The number of aromatic nitrogens is 3. The van der Waals surface area contributed by atoms with Crippen LogP contribution in [-0.2, 0) is 6.54 Å². The summed E-state index contributed by atoms with van der Waals surface area (Å²) in [6, 6.07) is 1.77. The van der Waals surface area contributed by atoms with Crippen LogP contribution in [0.5, 0.6) is 5.75 Å². The number of nitrogens with two attached hydrogens (primary N) is 1. The summed E-state index contributed by atoms with van der Waals surface area (Å²) in [5.41, 5.74) is 9.76. The molecule has 0 unspecified atom stereocenters. The highest BCUT2D eigenvalue weighted by Gasteiger charge is 2.24. The number of hydrogen-bond acceptors (Lipinski definition) is 5. The normalized spacial score (nSPS) is 18.3. The molecule has 3 rings (SSSR count). The van der Waals surface area contributed by atoms with Gasteiger partial charge in [-0.25, -0.2) is 0 Å². The summed E-state index contributed by atoms with van der Waals surface area (Å²) in [5, 5.41) is 6.96. The summed E-state index contributed by atoms with van der Waals surface area (Å²) in [4.78, 5) is 18.2. The quantitative estimate of drug-likeness (QED) is 0.864. The number of aromatic amines is 1. The van der Waals surface area contributed by atoms with Gasteiger partial charge in [0.2, 0.25) is 0 Å². The first-order chi connectivity index (χ1) is 12.0. The van der Waals surface area contributed by atoms with Gasteiger partial charge in [-0.05, 0) is 39.3 Å². The number of hydrogen-bond donors (Lipinski definition) is 2. The Hall–Kier alpha value is -2.41. The lowest BCUT2D eigenvalue weighted by Crippen LogP contribution is -2.34. The lowest BCUT2D eigenvalue weighted by Gasteiger charge is -2.32. The van der Waals surface area contributed by atoms with E-state index in [-0.39, 0.29) is 0 Å². The van der Waals surface area contributed by atoms with Crippen LogP contribution in [-0.4, -0.2) is 46.2 Å². The minimum atomic E-state index is -0.498. The molecule has 1 aliphatic heterocycles. The lowest BCUT2D eigenvalue weighted by atomic mass is 9.94. The van der Waals surface area contributed by atoms with Crippen molar-refractivity contribution in [3.63, 3.8) is 0 Å². The minimum Gasteiger partial charge on any atom is -0.496 e. The molecule has 3 heterocycles. The van der Waals surface area contributed by atoms with Crippen molar-refractivity contribution in [2.75, 3.05) is 20.2 Å². The molecule has 0 aromatic carbocycles.